The van der Waals surface area contributed by atoms with Crippen LogP contribution < -0.4 is 5.32 Å². The van der Waals surface area contributed by atoms with Crippen LogP contribution in [0.4, 0.5) is 5.69 Å². The summed E-state index contributed by atoms with van der Waals surface area (Å²) in [5, 5.41) is 11.5. The average Bonchev–Trinajstić information content (AvgIpc) is 2.34. The van der Waals surface area contributed by atoms with Gasteiger partial charge in [0, 0.05) is 27.1 Å². The van der Waals surface area contributed by atoms with E-state index in [9.17, 15) is 13.2 Å². The molecule has 0 fully saturated rings. The molecule has 0 amide bonds. The highest BCUT2D eigenvalue weighted by atomic mass is 32.2. The van der Waals surface area contributed by atoms with E-state index >= 15 is 0 Å². The normalized spacial score (nSPS) is 11.5. The standard InChI is InChI=1S/C12H18N2O4S/c1-14(2)19(17,18)11-7-4-3-6-10(11)13-9-5-8-12(15)16/h3-4,6-7,13H,5,8-9H2,1-2H3,(H,15,16). The number of carboxylic acids is 1. The summed E-state index contributed by atoms with van der Waals surface area (Å²) in [5.41, 5.74) is 0.488. The Bertz CT molecular complexity index is 540. The van der Waals surface area contributed by atoms with Crippen LogP contribution in [-0.2, 0) is 14.8 Å². The van der Waals surface area contributed by atoms with Gasteiger partial charge >= 0.3 is 5.97 Å². The smallest absolute Gasteiger partial charge is 0.303 e. The minimum absolute atomic E-state index is 0.0512. The molecule has 6 nitrogen and oxygen atoms in total. The first-order valence-corrected chi connectivity index (χ1v) is 7.27. The van der Waals surface area contributed by atoms with Crippen molar-refractivity contribution in [2.75, 3.05) is 26.0 Å². The van der Waals surface area contributed by atoms with Gasteiger partial charge in [0.2, 0.25) is 10.0 Å². The third kappa shape index (κ3) is 4.22. The van der Waals surface area contributed by atoms with E-state index in [2.05, 4.69) is 5.32 Å². The first-order chi connectivity index (χ1) is 8.85. The van der Waals surface area contributed by atoms with Crippen molar-refractivity contribution in [1.29, 1.82) is 0 Å². The third-order valence-corrected chi connectivity index (χ3v) is 4.40. The van der Waals surface area contributed by atoms with Crippen LogP contribution in [0.5, 0.6) is 0 Å². The fraction of sp³-hybridized carbons (Fsp3) is 0.417. The number of carbonyl (C=O) groups is 1. The Morgan fingerprint density at radius 3 is 2.53 bits per heavy atom. The molecule has 0 unspecified atom stereocenters. The molecule has 0 heterocycles. The van der Waals surface area contributed by atoms with Gasteiger partial charge in [-0.05, 0) is 18.6 Å². The molecule has 0 radical (unpaired) electrons. The van der Waals surface area contributed by atoms with Gasteiger partial charge in [-0.15, -0.1) is 0 Å². The Labute approximate surface area is 113 Å². The maximum Gasteiger partial charge on any atom is 0.303 e. The van der Waals surface area contributed by atoms with Crippen LogP contribution in [-0.4, -0.2) is 44.4 Å². The van der Waals surface area contributed by atoms with Crippen LogP contribution in [0.2, 0.25) is 0 Å². The van der Waals surface area contributed by atoms with Crippen LogP contribution >= 0.6 is 0 Å². The van der Waals surface area contributed by atoms with E-state index in [1.165, 1.54) is 20.2 Å². The summed E-state index contributed by atoms with van der Waals surface area (Å²) in [6.45, 7) is 0.409. The molecule has 7 heteroatoms. The van der Waals surface area contributed by atoms with Crippen molar-refractivity contribution in [2.45, 2.75) is 17.7 Å². The van der Waals surface area contributed by atoms with Crippen molar-refractivity contribution in [1.82, 2.24) is 4.31 Å². The predicted molar refractivity (Wildman–Crippen MR) is 72.7 cm³/mol. The van der Waals surface area contributed by atoms with Crippen molar-refractivity contribution in [3.63, 3.8) is 0 Å². The first kappa shape index (κ1) is 15.5. The lowest BCUT2D eigenvalue weighted by atomic mass is 10.3. The lowest BCUT2D eigenvalue weighted by Crippen LogP contribution is -2.23. The molecule has 0 aliphatic heterocycles. The lowest BCUT2D eigenvalue weighted by Gasteiger charge is -2.16. The molecule has 19 heavy (non-hydrogen) atoms. The van der Waals surface area contributed by atoms with E-state index in [0.717, 1.165) is 4.31 Å². The number of benzene rings is 1. The molecule has 0 saturated heterocycles. The summed E-state index contributed by atoms with van der Waals surface area (Å²) < 4.78 is 25.3. The van der Waals surface area contributed by atoms with Crippen molar-refractivity contribution >= 4 is 21.7 Å². The lowest BCUT2D eigenvalue weighted by molar-refractivity contribution is -0.137. The van der Waals surface area contributed by atoms with Gasteiger partial charge in [0.05, 0.1) is 5.69 Å². The Hall–Kier alpha value is -1.60. The minimum Gasteiger partial charge on any atom is -0.481 e. The quantitative estimate of drug-likeness (QED) is 0.736. The molecule has 0 aromatic heterocycles. The molecule has 0 saturated carbocycles. The molecule has 0 aliphatic rings. The van der Waals surface area contributed by atoms with Gasteiger partial charge in [-0.1, -0.05) is 12.1 Å². The van der Waals surface area contributed by atoms with Gasteiger partial charge in [-0.25, -0.2) is 12.7 Å². The summed E-state index contributed by atoms with van der Waals surface area (Å²) in [4.78, 5) is 10.6. The number of rotatable bonds is 7. The molecule has 0 spiro atoms. The SMILES string of the molecule is CN(C)S(=O)(=O)c1ccccc1NCCCC(=O)O. The van der Waals surface area contributed by atoms with Crippen molar-refractivity contribution in [2.24, 2.45) is 0 Å². The van der Waals surface area contributed by atoms with E-state index in [-0.39, 0.29) is 11.3 Å². The fourth-order valence-corrected chi connectivity index (χ4v) is 2.56. The second-order valence-electron chi connectivity index (χ2n) is 4.21. The summed E-state index contributed by atoms with van der Waals surface area (Å²) in [6, 6.07) is 6.57. The van der Waals surface area contributed by atoms with Crippen LogP contribution in [0.25, 0.3) is 0 Å². The number of anilines is 1. The number of nitrogens with one attached hydrogen (secondary N) is 1. The van der Waals surface area contributed by atoms with Crippen molar-refractivity contribution < 1.29 is 18.3 Å². The summed E-state index contributed by atoms with van der Waals surface area (Å²) >= 11 is 0. The molecular weight excluding hydrogens is 268 g/mol. The highest BCUT2D eigenvalue weighted by Crippen LogP contribution is 2.22. The molecule has 0 bridgehead atoms. The number of hydrogen-bond acceptors (Lipinski definition) is 4. The molecule has 1 rings (SSSR count). The van der Waals surface area contributed by atoms with Gasteiger partial charge < -0.3 is 10.4 Å². The van der Waals surface area contributed by atoms with E-state index in [1.807, 2.05) is 0 Å². The summed E-state index contributed by atoms with van der Waals surface area (Å²) in [7, 11) is -0.569. The number of para-hydroxylation sites is 1. The maximum absolute atomic E-state index is 12.1. The second kappa shape index (κ2) is 6.53. The fourth-order valence-electron chi connectivity index (χ4n) is 1.50. The molecular formula is C12H18N2O4S. The number of carboxylic acid groups (broad SMARTS) is 1. The highest BCUT2D eigenvalue weighted by molar-refractivity contribution is 7.89. The van der Waals surface area contributed by atoms with Gasteiger partial charge in [-0.3, -0.25) is 4.79 Å². The van der Waals surface area contributed by atoms with Gasteiger partial charge in [0.25, 0.3) is 0 Å². The number of hydrogen-bond donors (Lipinski definition) is 2. The third-order valence-electron chi connectivity index (χ3n) is 2.53. The number of aliphatic carboxylic acids is 1. The molecule has 106 valence electrons. The molecule has 2 N–H and O–H groups in total. The topological polar surface area (TPSA) is 86.7 Å². The summed E-state index contributed by atoms with van der Waals surface area (Å²) in [5.74, 6) is -0.865. The zero-order chi connectivity index (χ0) is 14.5. The largest absolute Gasteiger partial charge is 0.481 e. The molecule has 0 aliphatic carbocycles. The van der Waals surface area contributed by atoms with Crippen LogP contribution in [0.15, 0.2) is 29.2 Å². The molecule has 1 aromatic carbocycles. The predicted octanol–water partition coefficient (Wildman–Crippen LogP) is 1.21. The van der Waals surface area contributed by atoms with Crippen LogP contribution in [0.1, 0.15) is 12.8 Å². The highest BCUT2D eigenvalue weighted by Gasteiger charge is 2.20. The Kier molecular flexibility index (Phi) is 5.31. The molecule has 0 atom stereocenters. The zero-order valence-corrected chi connectivity index (χ0v) is 11.8. The average molecular weight is 286 g/mol. The van der Waals surface area contributed by atoms with Crippen LogP contribution in [0.3, 0.4) is 0 Å². The zero-order valence-electron chi connectivity index (χ0n) is 11.0. The van der Waals surface area contributed by atoms with E-state index in [1.54, 1.807) is 18.2 Å². The van der Waals surface area contributed by atoms with Crippen molar-refractivity contribution in [3.05, 3.63) is 24.3 Å². The Morgan fingerprint density at radius 2 is 1.95 bits per heavy atom. The maximum atomic E-state index is 12.1. The number of nitrogens with zero attached hydrogens (tertiary/aromatic N) is 1. The van der Waals surface area contributed by atoms with Gasteiger partial charge in [0.1, 0.15) is 4.90 Å². The summed E-state index contributed by atoms with van der Waals surface area (Å²) in [6.07, 6.45) is 0.487. The van der Waals surface area contributed by atoms with Gasteiger partial charge in [-0.2, -0.15) is 0 Å². The first-order valence-electron chi connectivity index (χ1n) is 5.83. The van der Waals surface area contributed by atoms with Gasteiger partial charge in [0.15, 0.2) is 0 Å². The second-order valence-corrected chi connectivity index (χ2v) is 6.33. The Morgan fingerprint density at radius 1 is 1.32 bits per heavy atom. The van der Waals surface area contributed by atoms with E-state index in [4.69, 9.17) is 5.11 Å². The minimum atomic E-state index is -3.51. The van der Waals surface area contributed by atoms with E-state index in [0.29, 0.717) is 18.7 Å². The Balaban J connectivity index is 2.83. The van der Waals surface area contributed by atoms with Crippen molar-refractivity contribution in [3.8, 4) is 0 Å². The molecule has 1 aromatic rings. The van der Waals surface area contributed by atoms with Crippen LogP contribution in [0, 0.1) is 0 Å². The number of sulfonamides is 1. The van der Waals surface area contributed by atoms with E-state index < -0.39 is 16.0 Å². The monoisotopic (exact) mass is 286 g/mol.